The van der Waals surface area contributed by atoms with Gasteiger partial charge in [-0.1, -0.05) is 17.7 Å². The van der Waals surface area contributed by atoms with Crippen LogP contribution in [-0.4, -0.2) is 63.3 Å². The van der Waals surface area contributed by atoms with Gasteiger partial charge < -0.3 is 10.2 Å². The van der Waals surface area contributed by atoms with Crippen molar-refractivity contribution in [1.82, 2.24) is 24.6 Å². The lowest BCUT2D eigenvalue weighted by Gasteiger charge is -2.34. The molecular formula is C21H25N7O. The predicted octanol–water partition coefficient (Wildman–Crippen LogP) is 2.04. The van der Waals surface area contributed by atoms with E-state index in [2.05, 4.69) is 30.2 Å². The average Bonchev–Trinajstić information content (AvgIpc) is 3.09. The van der Waals surface area contributed by atoms with Gasteiger partial charge in [0.15, 0.2) is 0 Å². The molecule has 1 aliphatic heterocycles. The van der Waals surface area contributed by atoms with Crippen LogP contribution in [0.1, 0.15) is 11.3 Å². The number of hydrogen-bond acceptors (Lipinski definition) is 6. The van der Waals surface area contributed by atoms with E-state index in [0.717, 1.165) is 43.4 Å². The summed E-state index contributed by atoms with van der Waals surface area (Å²) >= 11 is 0. The molecule has 1 amide bonds. The molecule has 8 heteroatoms. The summed E-state index contributed by atoms with van der Waals surface area (Å²) in [5.41, 5.74) is 2.97. The van der Waals surface area contributed by atoms with E-state index >= 15 is 0 Å². The van der Waals surface area contributed by atoms with Crippen molar-refractivity contribution in [2.24, 2.45) is 0 Å². The monoisotopic (exact) mass is 391 g/mol. The van der Waals surface area contributed by atoms with Crippen molar-refractivity contribution in [3.05, 3.63) is 60.2 Å². The van der Waals surface area contributed by atoms with Gasteiger partial charge in [-0.15, -0.1) is 0 Å². The quantitative estimate of drug-likeness (QED) is 0.717. The first kappa shape index (κ1) is 19.1. The van der Waals surface area contributed by atoms with Gasteiger partial charge in [0, 0.05) is 44.6 Å². The molecule has 2 aromatic heterocycles. The molecule has 1 aliphatic rings. The SMILES string of the molecule is Cc1ccc(-n2nc(C)cc2NC(=O)CN2CCN(c3cnccn3)CC2)cc1. The molecular weight excluding hydrogens is 366 g/mol. The van der Waals surface area contributed by atoms with Gasteiger partial charge in [-0.2, -0.15) is 5.10 Å². The van der Waals surface area contributed by atoms with E-state index in [1.54, 1.807) is 23.3 Å². The lowest BCUT2D eigenvalue weighted by Crippen LogP contribution is -2.49. The first-order chi connectivity index (χ1) is 14.1. The number of anilines is 2. The fourth-order valence-corrected chi connectivity index (χ4v) is 3.45. The molecule has 0 aliphatic carbocycles. The number of hydrogen-bond donors (Lipinski definition) is 1. The molecule has 1 N–H and O–H groups in total. The summed E-state index contributed by atoms with van der Waals surface area (Å²) in [6.45, 7) is 7.59. The lowest BCUT2D eigenvalue weighted by atomic mass is 10.2. The minimum Gasteiger partial charge on any atom is -0.353 e. The molecule has 0 saturated carbocycles. The van der Waals surface area contributed by atoms with Crippen molar-refractivity contribution < 1.29 is 4.79 Å². The van der Waals surface area contributed by atoms with Gasteiger partial charge in [-0.25, -0.2) is 9.67 Å². The van der Waals surface area contributed by atoms with E-state index in [1.807, 2.05) is 44.2 Å². The van der Waals surface area contributed by atoms with Gasteiger partial charge in [0.1, 0.15) is 11.6 Å². The Morgan fingerprint density at radius 3 is 2.52 bits per heavy atom. The average molecular weight is 391 g/mol. The Hall–Kier alpha value is -3.26. The van der Waals surface area contributed by atoms with E-state index in [9.17, 15) is 4.79 Å². The Balaban J connectivity index is 1.35. The Bertz CT molecular complexity index is 960. The van der Waals surface area contributed by atoms with E-state index in [4.69, 9.17) is 0 Å². The van der Waals surface area contributed by atoms with Gasteiger partial charge in [0.25, 0.3) is 0 Å². The van der Waals surface area contributed by atoms with Crippen LogP contribution in [0, 0.1) is 13.8 Å². The standard InChI is InChI=1S/C21H25N7O/c1-16-3-5-18(6-4-16)28-19(13-17(2)25-28)24-21(29)15-26-9-11-27(12-10-26)20-14-22-7-8-23-20/h3-8,13-14H,9-12,15H2,1-2H3,(H,24,29). The van der Waals surface area contributed by atoms with Crippen LogP contribution in [0.5, 0.6) is 0 Å². The largest absolute Gasteiger partial charge is 0.353 e. The Labute approximate surface area is 170 Å². The minimum atomic E-state index is -0.0359. The highest BCUT2D eigenvalue weighted by molar-refractivity contribution is 5.91. The molecule has 29 heavy (non-hydrogen) atoms. The summed E-state index contributed by atoms with van der Waals surface area (Å²) in [6.07, 6.45) is 5.15. The third-order valence-corrected chi connectivity index (χ3v) is 4.99. The fraction of sp³-hybridized carbons (Fsp3) is 0.333. The number of piperazine rings is 1. The molecule has 3 aromatic rings. The van der Waals surface area contributed by atoms with Crippen molar-refractivity contribution >= 4 is 17.5 Å². The van der Waals surface area contributed by atoms with Gasteiger partial charge in [-0.3, -0.25) is 14.7 Å². The Morgan fingerprint density at radius 1 is 1.07 bits per heavy atom. The molecule has 0 atom stereocenters. The number of nitrogens with one attached hydrogen (secondary N) is 1. The topological polar surface area (TPSA) is 79.2 Å². The number of carbonyl (C=O) groups excluding carboxylic acids is 1. The minimum absolute atomic E-state index is 0.0359. The molecule has 1 fully saturated rings. The molecule has 0 spiro atoms. The first-order valence-corrected chi connectivity index (χ1v) is 9.75. The van der Waals surface area contributed by atoms with Crippen molar-refractivity contribution in [3.63, 3.8) is 0 Å². The first-order valence-electron chi connectivity index (χ1n) is 9.75. The van der Waals surface area contributed by atoms with Crippen LogP contribution in [0.4, 0.5) is 11.6 Å². The maximum Gasteiger partial charge on any atom is 0.239 e. The van der Waals surface area contributed by atoms with Crippen molar-refractivity contribution in [1.29, 1.82) is 0 Å². The molecule has 0 bridgehead atoms. The van der Waals surface area contributed by atoms with Crippen LogP contribution in [0.3, 0.4) is 0 Å². The third-order valence-electron chi connectivity index (χ3n) is 4.99. The normalized spacial score (nSPS) is 14.8. The van der Waals surface area contributed by atoms with Crippen LogP contribution in [0.15, 0.2) is 48.9 Å². The number of carbonyl (C=O) groups is 1. The number of aromatic nitrogens is 4. The van der Waals surface area contributed by atoms with Gasteiger partial charge in [-0.05, 0) is 26.0 Å². The zero-order chi connectivity index (χ0) is 20.2. The zero-order valence-corrected chi connectivity index (χ0v) is 16.7. The van der Waals surface area contributed by atoms with Crippen molar-refractivity contribution in [2.45, 2.75) is 13.8 Å². The summed E-state index contributed by atoms with van der Waals surface area (Å²) in [7, 11) is 0. The Kier molecular flexibility index (Phi) is 5.53. The molecule has 1 saturated heterocycles. The van der Waals surface area contributed by atoms with Gasteiger partial charge >= 0.3 is 0 Å². The van der Waals surface area contributed by atoms with Crippen LogP contribution in [-0.2, 0) is 4.79 Å². The highest BCUT2D eigenvalue weighted by Crippen LogP contribution is 2.18. The van der Waals surface area contributed by atoms with Crippen LogP contribution >= 0.6 is 0 Å². The molecule has 150 valence electrons. The molecule has 0 radical (unpaired) electrons. The molecule has 1 aromatic carbocycles. The molecule has 3 heterocycles. The van der Waals surface area contributed by atoms with E-state index in [0.29, 0.717) is 12.4 Å². The van der Waals surface area contributed by atoms with Gasteiger partial charge in [0.2, 0.25) is 5.91 Å². The number of nitrogens with zero attached hydrogens (tertiary/aromatic N) is 6. The summed E-state index contributed by atoms with van der Waals surface area (Å²) in [4.78, 5) is 25.5. The maximum absolute atomic E-state index is 12.6. The zero-order valence-electron chi connectivity index (χ0n) is 16.7. The Morgan fingerprint density at radius 2 is 1.83 bits per heavy atom. The lowest BCUT2D eigenvalue weighted by molar-refractivity contribution is -0.117. The molecule has 0 unspecified atom stereocenters. The molecule has 4 rings (SSSR count). The number of benzene rings is 1. The molecule has 8 nitrogen and oxygen atoms in total. The van der Waals surface area contributed by atoms with Crippen LogP contribution in [0.2, 0.25) is 0 Å². The van der Waals surface area contributed by atoms with Gasteiger partial charge in [0.05, 0.1) is 24.1 Å². The van der Waals surface area contributed by atoms with Crippen molar-refractivity contribution in [2.75, 3.05) is 42.9 Å². The number of amides is 1. The van der Waals surface area contributed by atoms with E-state index in [-0.39, 0.29) is 5.91 Å². The highest BCUT2D eigenvalue weighted by atomic mass is 16.2. The fourth-order valence-electron chi connectivity index (χ4n) is 3.45. The van der Waals surface area contributed by atoms with E-state index in [1.165, 1.54) is 5.56 Å². The maximum atomic E-state index is 12.6. The predicted molar refractivity (Wildman–Crippen MR) is 112 cm³/mol. The summed E-state index contributed by atoms with van der Waals surface area (Å²) in [5, 5.41) is 7.54. The summed E-state index contributed by atoms with van der Waals surface area (Å²) in [5.74, 6) is 1.54. The second-order valence-corrected chi connectivity index (χ2v) is 7.29. The smallest absolute Gasteiger partial charge is 0.239 e. The second kappa shape index (κ2) is 8.40. The number of aryl methyl sites for hydroxylation is 2. The third kappa shape index (κ3) is 4.60. The highest BCUT2D eigenvalue weighted by Gasteiger charge is 2.20. The number of rotatable bonds is 5. The van der Waals surface area contributed by atoms with Crippen LogP contribution < -0.4 is 10.2 Å². The van der Waals surface area contributed by atoms with Crippen molar-refractivity contribution in [3.8, 4) is 5.69 Å². The van der Waals surface area contributed by atoms with E-state index < -0.39 is 0 Å². The second-order valence-electron chi connectivity index (χ2n) is 7.29. The van der Waals surface area contributed by atoms with Crippen LogP contribution in [0.25, 0.3) is 5.69 Å². The summed E-state index contributed by atoms with van der Waals surface area (Å²) < 4.78 is 1.78. The summed E-state index contributed by atoms with van der Waals surface area (Å²) in [6, 6.07) is 9.97.